The first kappa shape index (κ1) is 62.8. The van der Waals surface area contributed by atoms with E-state index in [0.29, 0.717) is 12.8 Å². The quantitative estimate of drug-likeness (QED) is 0.0313. The first-order valence-electron chi connectivity index (χ1n) is 26.9. The highest BCUT2D eigenvalue weighted by atomic mass is 16.8. The molecule has 3 heterocycles. The summed E-state index contributed by atoms with van der Waals surface area (Å²) in [5.41, 5.74) is 0. The van der Waals surface area contributed by atoms with Crippen LogP contribution >= 0.6 is 0 Å². The van der Waals surface area contributed by atoms with E-state index < -0.39 is 124 Å². The number of rotatable bonds is 38. The molecule has 19 heteroatoms. The number of aliphatic hydroxyl groups is 11. The Morgan fingerprint density at radius 1 is 0.500 bits per heavy atom. The first-order valence-corrected chi connectivity index (χ1v) is 26.9. The van der Waals surface area contributed by atoms with Gasteiger partial charge in [-0.05, 0) is 38.5 Å². The summed E-state index contributed by atoms with van der Waals surface area (Å²) in [7, 11) is 0. The third-order valence-electron chi connectivity index (χ3n) is 13.8. The number of hydrogen-bond acceptors (Lipinski definition) is 18. The number of unbranched alkanes of at least 4 members (excludes halogenated alkanes) is 20. The van der Waals surface area contributed by atoms with Crippen molar-refractivity contribution in [1.82, 2.24) is 5.32 Å². The molecular weight excluding hydrogens is 915 g/mol. The lowest BCUT2D eigenvalue weighted by atomic mass is 9.96. The van der Waals surface area contributed by atoms with E-state index in [1.165, 1.54) is 70.6 Å². The molecule has 412 valence electrons. The van der Waals surface area contributed by atoms with Crippen LogP contribution < -0.4 is 5.32 Å². The van der Waals surface area contributed by atoms with E-state index in [1.807, 2.05) is 0 Å². The molecule has 70 heavy (non-hydrogen) atoms. The minimum absolute atomic E-state index is 0.252. The smallest absolute Gasteiger partial charge is 0.220 e. The van der Waals surface area contributed by atoms with E-state index >= 15 is 0 Å². The van der Waals surface area contributed by atoms with Crippen LogP contribution in [0.25, 0.3) is 0 Å². The van der Waals surface area contributed by atoms with Gasteiger partial charge >= 0.3 is 0 Å². The van der Waals surface area contributed by atoms with E-state index in [2.05, 4.69) is 31.3 Å². The Bertz CT molecular complexity index is 1350. The van der Waals surface area contributed by atoms with Crippen LogP contribution in [0.2, 0.25) is 0 Å². The number of hydrogen-bond donors (Lipinski definition) is 12. The van der Waals surface area contributed by atoms with Crippen LogP contribution in [0.3, 0.4) is 0 Å². The van der Waals surface area contributed by atoms with Gasteiger partial charge in [0.05, 0.1) is 38.6 Å². The molecule has 0 spiro atoms. The van der Waals surface area contributed by atoms with Crippen molar-refractivity contribution in [3.05, 3.63) is 12.2 Å². The Morgan fingerprint density at radius 2 is 0.900 bits per heavy atom. The first-order chi connectivity index (χ1) is 33.8. The second-order valence-corrected chi connectivity index (χ2v) is 19.7. The van der Waals surface area contributed by atoms with Gasteiger partial charge < -0.3 is 89.9 Å². The molecule has 0 bridgehead atoms. The number of nitrogens with one attached hydrogen (secondary N) is 1. The maximum atomic E-state index is 13.2. The van der Waals surface area contributed by atoms with Crippen molar-refractivity contribution >= 4 is 5.91 Å². The number of allylic oxidation sites excluding steroid dienone is 2. The SMILES string of the molecule is CCCCCCCCC/C=C\CCCCCCCCCC(=O)NC(COC1OC(CO)C(OC2OC(CO)C(OC3OC(CO)C(O)C(O)C3O)C(O)C2O)C(O)C1O)C(O)CCCCCCCCC. The Kier molecular flexibility index (Phi) is 32.7. The molecule has 0 aromatic rings. The highest BCUT2D eigenvalue weighted by molar-refractivity contribution is 5.76. The number of carbonyl (C=O) groups is 1. The van der Waals surface area contributed by atoms with Crippen LogP contribution in [0.4, 0.5) is 0 Å². The summed E-state index contributed by atoms with van der Waals surface area (Å²) < 4.78 is 34.1. The highest BCUT2D eigenvalue weighted by Gasteiger charge is 2.53. The van der Waals surface area contributed by atoms with Gasteiger partial charge in [-0.15, -0.1) is 0 Å². The molecule has 0 radical (unpaired) electrons. The zero-order valence-corrected chi connectivity index (χ0v) is 42.3. The van der Waals surface area contributed by atoms with Crippen LogP contribution in [0, 0.1) is 0 Å². The van der Waals surface area contributed by atoms with Crippen LogP contribution in [-0.2, 0) is 33.2 Å². The number of amides is 1. The van der Waals surface area contributed by atoms with Gasteiger partial charge in [-0.2, -0.15) is 0 Å². The van der Waals surface area contributed by atoms with E-state index in [1.54, 1.807) is 0 Å². The van der Waals surface area contributed by atoms with Gasteiger partial charge in [0.2, 0.25) is 5.91 Å². The van der Waals surface area contributed by atoms with Crippen molar-refractivity contribution in [3.8, 4) is 0 Å². The van der Waals surface area contributed by atoms with Gasteiger partial charge in [0.25, 0.3) is 0 Å². The summed E-state index contributed by atoms with van der Waals surface area (Å²) in [6.45, 7) is 1.70. The predicted octanol–water partition coefficient (Wildman–Crippen LogP) is 2.65. The monoisotopic (exact) mass is 1010 g/mol. The predicted molar refractivity (Wildman–Crippen MR) is 259 cm³/mol. The van der Waals surface area contributed by atoms with Crippen molar-refractivity contribution in [2.24, 2.45) is 0 Å². The van der Waals surface area contributed by atoms with Crippen molar-refractivity contribution in [2.75, 3.05) is 26.4 Å². The third kappa shape index (κ3) is 21.8. The van der Waals surface area contributed by atoms with Gasteiger partial charge in [-0.3, -0.25) is 4.79 Å². The number of ether oxygens (including phenoxy) is 6. The topological polar surface area (TPSA) is 307 Å². The second kappa shape index (κ2) is 36.5. The van der Waals surface area contributed by atoms with Gasteiger partial charge in [0.1, 0.15) is 73.2 Å². The minimum Gasteiger partial charge on any atom is -0.394 e. The third-order valence-corrected chi connectivity index (χ3v) is 13.8. The van der Waals surface area contributed by atoms with Crippen LogP contribution in [-0.4, -0.2) is 193 Å². The molecule has 3 saturated heterocycles. The van der Waals surface area contributed by atoms with Crippen LogP contribution in [0.1, 0.15) is 174 Å². The maximum Gasteiger partial charge on any atom is 0.220 e. The van der Waals surface area contributed by atoms with Crippen molar-refractivity contribution in [1.29, 1.82) is 0 Å². The molecule has 17 atom stereocenters. The molecule has 0 aromatic heterocycles. The van der Waals surface area contributed by atoms with E-state index in [9.17, 15) is 61.0 Å². The van der Waals surface area contributed by atoms with E-state index in [0.717, 1.165) is 70.6 Å². The molecule has 1 amide bonds. The largest absolute Gasteiger partial charge is 0.394 e. The summed E-state index contributed by atoms with van der Waals surface area (Å²) in [4.78, 5) is 13.2. The van der Waals surface area contributed by atoms with E-state index in [4.69, 9.17) is 28.4 Å². The minimum atomic E-state index is -1.97. The fourth-order valence-electron chi connectivity index (χ4n) is 9.31. The standard InChI is InChI=1S/C51H95NO18/c1-3-5-7-9-11-12-13-14-15-16-17-18-19-20-21-23-25-27-29-39(57)52-34(35(56)28-26-24-22-10-8-6-4-2)33-65-49-45(63)42(60)47(37(31-54)67-49)70-51-46(64)43(61)48(38(32-55)68-51)69-50-44(62)41(59)40(58)36(30-53)66-50/h15-16,34-38,40-51,53-56,58-64H,3-14,17-33H2,1-2H3,(H,52,57)/b16-15-. The summed E-state index contributed by atoms with van der Waals surface area (Å²) in [6, 6.07) is -0.882. The molecule has 3 rings (SSSR count). The van der Waals surface area contributed by atoms with Crippen LogP contribution in [0.15, 0.2) is 12.2 Å². The summed E-state index contributed by atoms with van der Waals surface area (Å²) in [5.74, 6) is -0.252. The van der Waals surface area contributed by atoms with Crippen molar-refractivity contribution < 1.29 is 89.4 Å². The van der Waals surface area contributed by atoms with Crippen molar-refractivity contribution in [2.45, 2.75) is 279 Å². The molecular formula is C51H95NO18. The van der Waals surface area contributed by atoms with E-state index in [-0.39, 0.29) is 18.9 Å². The maximum absolute atomic E-state index is 13.2. The molecule has 0 aliphatic carbocycles. The Balaban J connectivity index is 1.49. The Labute approximate surface area is 416 Å². The van der Waals surface area contributed by atoms with Crippen LogP contribution in [0.5, 0.6) is 0 Å². The van der Waals surface area contributed by atoms with Gasteiger partial charge in [0.15, 0.2) is 18.9 Å². The zero-order valence-electron chi connectivity index (χ0n) is 42.3. The zero-order chi connectivity index (χ0) is 51.3. The van der Waals surface area contributed by atoms with Gasteiger partial charge in [-0.25, -0.2) is 0 Å². The van der Waals surface area contributed by atoms with Crippen molar-refractivity contribution in [3.63, 3.8) is 0 Å². The summed E-state index contributed by atoms with van der Waals surface area (Å²) >= 11 is 0. The molecule has 12 N–H and O–H groups in total. The second-order valence-electron chi connectivity index (χ2n) is 19.7. The lowest BCUT2D eigenvalue weighted by Gasteiger charge is -2.48. The Morgan fingerprint density at radius 3 is 1.39 bits per heavy atom. The fraction of sp³-hybridized carbons (Fsp3) is 0.941. The highest BCUT2D eigenvalue weighted by Crippen LogP contribution is 2.33. The molecule has 19 nitrogen and oxygen atoms in total. The molecule has 17 unspecified atom stereocenters. The summed E-state index contributed by atoms with van der Waals surface area (Å²) in [6.07, 6.45) is 4.92. The number of carbonyl (C=O) groups excluding carboxylic acids is 1. The molecule has 3 aliphatic heterocycles. The fourth-order valence-corrected chi connectivity index (χ4v) is 9.31. The lowest BCUT2D eigenvalue weighted by molar-refractivity contribution is -0.379. The Hall–Kier alpha value is -1.47. The normalized spacial score (nSPS) is 32.6. The average Bonchev–Trinajstić information content (AvgIpc) is 3.35. The van der Waals surface area contributed by atoms with Gasteiger partial charge in [-0.1, -0.05) is 142 Å². The molecule has 3 fully saturated rings. The molecule has 0 aromatic carbocycles. The number of aliphatic hydroxyl groups excluding tert-OH is 11. The summed E-state index contributed by atoms with van der Waals surface area (Å²) in [5, 5.41) is 120. The lowest BCUT2D eigenvalue weighted by Crippen LogP contribution is -2.66. The molecule has 0 saturated carbocycles. The molecule has 3 aliphatic rings. The average molecular weight is 1010 g/mol. The van der Waals surface area contributed by atoms with Gasteiger partial charge in [0, 0.05) is 6.42 Å².